The van der Waals surface area contributed by atoms with Crippen molar-refractivity contribution in [1.29, 1.82) is 0 Å². The number of halogens is 2. The molecule has 1 aliphatic heterocycles. The second-order valence-corrected chi connectivity index (χ2v) is 9.33. The number of nitrogens with one attached hydrogen (secondary N) is 2. The summed E-state index contributed by atoms with van der Waals surface area (Å²) in [5.74, 6) is -0.848. The van der Waals surface area contributed by atoms with Gasteiger partial charge in [-0.3, -0.25) is 9.59 Å². The third-order valence-corrected chi connectivity index (χ3v) is 6.57. The summed E-state index contributed by atoms with van der Waals surface area (Å²) in [6.07, 6.45) is -1.97. The number of hydrogen-bond donors (Lipinski definition) is 3. The van der Waals surface area contributed by atoms with Gasteiger partial charge in [-0.25, -0.2) is 4.99 Å². The van der Waals surface area contributed by atoms with E-state index in [2.05, 4.69) is 15.6 Å². The predicted molar refractivity (Wildman–Crippen MR) is 143 cm³/mol. The van der Waals surface area contributed by atoms with Crippen LogP contribution in [0.3, 0.4) is 0 Å². The molecule has 9 heteroatoms. The summed E-state index contributed by atoms with van der Waals surface area (Å²) in [4.78, 5) is 32.5. The number of aliphatic hydroxyl groups is 1. The van der Waals surface area contributed by atoms with Gasteiger partial charge in [0.2, 0.25) is 12.1 Å². The fourth-order valence-electron chi connectivity index (χ4n) is 3.94. The van der Waals surface area contributed by atoms with E-state index in [1.807, 2.05) is 36.4 Å². The fourth-order valence-corrected chi connectivity index (χ4v) is 4.34. The highest BCUT2D eigenvalue weighted by Crippen LogP contribution is 2.31. The number of aliphatic hydroxyl groups excluding tert-OH is 1. The van der Waals surface area contributed by atoms with Crippen LogP contribution >= 0.6 is 23.2 Å². The van der Waals surface area contributed by atoms with Crippen LogP contribution in [0.5, 0.6) is 0 Å². The maximum atomic E-state index is 13.3. The molecule has 3 aromatic rings. The van der Waals surface area contributed by atoms with Crippen LogP contribution in [0, 0.1) is 0 Å². The average Bonchev–Trinajstić information content (AvgIpc) is 2.98. The summed E-state index contributed by atoms with van der Waals surface area (Å²) in [5, 5.41) is 17.1. The van der Waals surface area contributed by atoms with Gasteiger partial charge >= 0.3 is 0 Å². The lowest BCUT2D eigenvalue weighted by Crippen LogP contribution is -2.51. The number of nitrogens with zero attached hydrogens (tertiary/aromatic N) is 2. The van der Waals surface area contributed by atoms with Crippen LogP contribution in [-0.4, -0.2) is 48.4 Å². The smallest absolute Gasteiger partial charge is 0.272 e. The van der Waals surface area contributed by atoms with E-state index >= 15 is 0 Å². The molecule has 0 aromatic heterocycles. The zero-order valence-corrected chi connectivity index (χ0v) is 21.3. The van der Waals surface area contributed by atoms with Crippen molar-refractivity contribution in [2.75, 3.05) is 18.5 Å². The van der Waals surface area contributed by atoms with Gasteiger partial charge in [0.25, 0.3) is 5.91 Å². The topological polar surface area (TPSA) is 94.0 Å². The quantitative estimate of drug-likeness (QED) is 0.436. The number of aliphatic imine (C=N–C) groups is 1. The number of benzene rings is 3. The summed E-state index contributed by atoms with van der Waals surface area (Å²) in [6.45, 7) is 1.82. The van der Waals surface area contributed by atoms with Gasteiger partial charge in [0, 0.05) is 34.8 Å². The molecule has 0 fully saturated rings. The van der Waals surface area contributed by atoms with Crippen molar-refractivity contribution in [3.8, 4) is 0 Å². The Morgan fingerprint density at radius 2 is 1.75 bits per heavy atom. The summed E-state index contributed by atoms with van der Waals surface area (Å²) in [6, 6.07) is 20.8. The molecule has 3 N–H and O–H groups in total. The maximum absolute atomic E-state index is 13.3. The molecule has 186 valence electrons. The number of likely N-dealkylation sites (N-methyl/N-ethyl adjacent to an activating group) is 1. The molecule has 36 heavy (non-hydrogen) atoms. The third-order valence-electron chi connectivity index (χ3n) is 6.00. The zero-order valence-electron chi connectivity index (χ0n) is 19.8. The normalized spacial score (nSPS) is 17.0. The third kappa shape index (κ3) is 5.60. The molecule has 1 heterocycles. The van der Waals surface area contributed by atoms with Gasteiger partial charge in [0.15, 0.2) is 0 Å². The lowest BCUT2D eigenvalue weighted by atomic mass is 10.00. The number of carbonyl (C=O) groups excluding carboxylic acids is 2. The predicted octanol–water partition coefficient (Wildman–Crippen LogP) is 3.96. The number of rotatable bonds is 7. The molecule has 0 saturated heterocycles. The monoisotopic (exact) mass is 524 g/mol. The summed E-state index contributed by atoms with van der Waals surface area (Å²) in [7, 11) is 1.62. The number of fused-ring (bicyclic) bond motifs is 1. The molecule has 0 radical (unpaired) electrons. The van der Waals surface area contributed by atoms with Gasteiger partial charge in [-0.2, -0.15) is 0 Å². The standard InChI is InChI=1S/C27H26Cl2N4O3/c1-16(30-15-23(34)17-8-4-3-5-9-17)26(35)32-25-27(36)33(2)22-13-12-18(28)14-20(22)24(31-25)19-10-6-7-11-21(19)29/h3-14,16,23,25,30,34H,15H2,1-2H3,(H,32,35)/t16-,23?,25?/m0/s1. The van der Waals surface area contributed by atoms with Gasteiger partial charge in [-0.05, 0) is 36.8 Å². The SMILES string of the molecule is C[C@H](NCC(O)c1ccccc1)C(=O)NC1N=C(c2ccccc2Cl)c2cc(Cl)ccc2N(C)C1=O. The molecular formula is C27H26Cl2N4O3. The molecular weight excluding hydrogens is 499 g/mol. The molecule has 2 unspecified atom stereocenters. The lowest BCUT2D eigenvalue weighted by Gasteiger charge is -2.23. The van der Waals surface area contributed by atoms with E-state index in [-0.39, 0.29) is 6.54 Å². The van der Waals surface area contributed by atoms with E-state index < -0.39 is 30.1 Å². The van der Waals surface area contributed by atoms with E-state index in [4.69, 9.17) is 23.2 Å². The van der Waals surface area contributed by atoms with E-state index in [0.717, 1.165) is 5.56 Å². The highest BCUT2D eigenvalue weighted by atomic mass is 35.5. The number of amides is 2. The first kappa shape index (κ1) is 25.9. The molecule has 3 atom stereocenters. The van der Waals surface area contributed by atoms with E-state index in [1.165, 1.54) is 4.90 Å². The van der Waals surface area contributed by atoms with Crippen LogP contribution in [-0.2, 0) is 9.59 Å². The van der Waals surface area contributed by atoms with Crippen molar-refractivity contribution in [2.24, 2.45) is 4.99 Å². The Morgan fingerprint density at radius 3 is 2.47 bits per heavy atom. The maximum Gasteiger partial charge on any atom is 0.272 e. The Labute approximate surface area is 219 Å². The highest BCUT2D eigenvalue weighted by Gasteiger charge is 2.32. The molecule has 2 amide bonds. The van der Waals surface area contributed by atoms with Crippen molar-refractivity contribution in [3.05, 3.63) is 99.5 Å². The van der Waals surface area contributed by atoms with Gasteiger partial charge in [0.05, 0.1) is 23.5 Å². The molecule has 7 nitrogen and oxygen atoms in total. The Balaban J connectivity index is 1.59. The number of anilines is 1. The Hall–Kier alpha value is -3.23. The molecule has 0 aliphatic carbocycles. The molecule has 4 rings (SSSR count). The van der Waals surface area contributed by atoms with Crippen molar-refractivity contribution >= 4 is 46.4 Å². The molecule has 0 saturated carbocycles. The fraction of sp³-hybridized carbons (Fsp3) is 0.222. The van der Waals surface area contributed by atoms with Crippen LogP contribution in [0.1, 0.15) is 29.7 Å². The van der Waals surface area contributed by atoms with Gasteiger partial charge < -0.3 is 20.6 Å². The Kier molecular flexibility index (Phi) is 8.06. The molecule has 0 spiro atoms. The van der Waals surface area contributed by atoms with Crippen molar-refractivity contribution in [2.45, 2.75) is 25.2 Å². The highest BCUT2D eigenvalue weighted by molar-refractivity contribution is 6.37. The summed E-state index contributed by atoms with van der Waals surface area (Å²) < 4.78 is 0. The second kappa shape index (κ2) is 11.2. The summed E-state index contributed by atoms with van der Waals surface area (Å²) >= 11 is 12.8. The van der Waals surface area contributed by atoms with E-state index in [1.54, 1.807) is 50.4 Å². The first-order valence-corrected chi connectivity index (χ1v) is 12.2. The van der Waals surface area contributed by atoms with Crippen LogP contribution in [0.4, 0.5) is 5.69 Å². The van der Waals surface area contributed by atoms with Crippen LogP contribution in [0.15, 0.2) is 77.8 Å². The zero-order chi connectivity index (χ0) is 25.8. The Morgan fingerprint density at radius 1 is 1.06 bits per heavy atom. The minimum Gasteiger partial charge on any atom is -0.387 e. The Bertz CT molecular complexity index is 1300. The number of benzodiazepines with no additional fused rings is 1. The minimum absolute atomic E-state index is 0.162. The van der Waals surface area contributed by atoms with Crippen LogP contribution in [0.2, 0.25) is 10.0 Å². The van der Waals surface area contributed by atoms with Crippen LogP contribution in [0.25, 0.3) is 0 Å². The largest absolute Gasteiger partial charge is 0.387 e. The van der Waals surface area contributed by atoms with Gasteiger partial charge in [0.1, 0.15) is 0 Å². The molecule has 3 aromatic carbocycles. The van der Waals surface area contributed by atoms with E-state index in [0.29, 0.717) is 32.6 Å². The average molecular weight is 525 g/mol. The van der Waals surface area contributed by atoms with Gasteiger partial charge in [-0.1, -0.05) is 71.7 Å². The lowest BCUT2D eigenvalue weighted by molar-refractivity contribution is -0.128. The summed E-state index contributed by atoms with van der Waals surface area (Å²) in [5.41, 5.74) is 3.02. The van der Waals surface area contributed by atoms with Crippen molar-refractivity contribution in [3.63, 3.8) is 0 Å². The van der Waals surface area contributed by atoms with Crippen molar-refractivity contribution < 1.29 is 14.7 Å². The van der Waals surface area contributed by atoms with Gasteiger partial charge in [-0.15, -0.1) is 0 Å². The van der Waals surface area contributed by atoms with Crippen molar-refractivity contribution in [1.82, 2.24) is 10.6 Å². The first-order valence-electron chi connectivity index (χ1n) is 11.4. The van der Waals surface area contributed by atoms with Crippen LogP contribution < -0.4 is 15.5 Å². The number of hydrogen-bond acceptors (Lipinski definition) is 5. The number of carbonyl (C=O) groups is 2. The molecule has 0 bridgehead atoms. The second-order valence-electron chi connectivity index (χ2n) is 8.48. The van der Waals surface area contributed by atoms with E-state index in [9.17, 15) is 14.7 Å². The molecule has 1 aliphatic rings. The minimum atomic E-state index is -1.19. The first-order chi connectivity index (χ1) is 17.3.